The highest BCUT2D eigenvalue weighted by Gasteiger charge is 2.37. The predicted octanol–water partition coefficient (Wildman–Crippen LogP) is 2.42. The average Bonchev–Trinajstić information content (AvgIpc) is 2.29. The summed E-state index contributed by atoms with van der Waals surface area (Å²) in [7, 11) is 0. The smallest absolute Gasteiger partial charge is 0.224 e. The Kier molecular flexibility index (Phi) is 3.61. The summed E-state index contributed by atoms with van der Waals surface area (Å²) in [4.78, 5) is 11.8. The first-order valence-corrected chi connectivity index (χ1v) is 6.00. The van der Waals surface area contributed by atoms with E-state index in [-0.39, 0.29) is 17.0 Å². The standard InChI is InChI=1S/C13H16F2N2O/c14-10-3-2-9(6-11(10)15)17-12(18)7-13(8-16)4-1-5-13/h2-3,6H,1,4-5,7-8,16H2,(H,17,18). The average molecular weight is 254 g/mol. The molecule has 18 heavy (non-hydrogen) atoms. The van der Waals surface area contributed by atoms with E-state index in [1.165, 1.54) is 6.07 Å². The molecule has 0 bridgehead atoms. The van der Waals surface area contributed by atoms with Gasteiger partial charge in [0, 0.05) is 18.2 Å². The first-order chi connectivity index (χ1) is 8.54. The van der Waals surface area contributed by atoms with Gasteiger partial charge in [0.05, 0.1) is 0 Å². The lowest BCUT2D eigenvalue weighted by Gasteiger charge is -2.40. The number of halogens is 2. The molecule has 0 unspecified atom stereocenters. The van der Waals surface area contributed by atoms with Crippen LogP contribution in [0.15, 0.2) is 18.2 Å². The lowest BCUT2D eigenvalue weighted by Crippen LogP contribution is -2.40. The van der Waals surface area contributed by atoms with Crippen LogP contribution in [0.5, 0.6) is 0 Å². The summed E-state index contributed by atoms with van der Waals surface area (Å²) in [5, 5.41) is 2.57. The van der Waals surface area contributed by atoms with Gasteiger partial charge in [-0.05, 0) is 36.9 Å². The van der Waals surface area contributed by atoms with Crippen molar-refractivity contribution in [1.29, 1.82) is 0 Å². The van der Waals surface area contributed by atoms with Crippen LogP contribution in [0.3, 0.4) is 0 Å². The number of hydrogen-bond donors (Lipinski definition) is 2. The van der Waals surface area contributed by atoms with Crippen LogP contribution in [0.1, 0.15) is 25.7 Å². The summed E-state index contributed by atoms with van der Waals surface area (Å²) in [5.74, 6) is -2.10. The van der Waals surface area contributed by atoms with E-state index < -0.39 is 11.6 Å². The van der Waals surface area contributed by atoms with Crippen LogP contribution in [0.2, 0.25) is 0 Å². The Labute approximate surface area is 104 Å². The molecule has 2 rings (SSSR count). The molecule has 3 nitrogen and oxygen atoms in total. The van der Waals surface area contributed by atoms with Gasteiger partial charge < -0.3 is 11.1 Å². The van der Waals surface area contributed by atoms with E-state index in [9.17, 15) is 13.6 Å². The van der Waals surface area contributed by atoms with Gasteiger partial charge >= 0.3 is 0 Å². The van der Waals surface area contributed by atoms with Crippen molar-refractivity contribution in [1.82, 2.24) is 0 Å². The summed E-state index contributed by atoms with van der Waals surface area (Å²) < 4.78 is 25.7. The van der Waals surface area contributed by atoms with Crippen molar-refractivity contribution >= 4 is 11.6 Å². The minimum absolute atomic E-state index is 0.0946. The molecular formula is C13H16F2N2O. The number of amides is 1. The van der Waals surface area contributed by atoms with Gasteiger partial charge in [0.15, 0.2) is 11.6 Å². The molecule has 1 amide bonds. The molecule has 0 radical (unpaired) electrons. The summed E-state index contributed by atoms with van der Waals surface area (Å²) in [6.45, 7) is 0.484. The van der Waals surface area contributed by atoms with E-state index >= 15 is 0 Å². The molecule has 1 aromatic rings. The number of rotatable bonds is 4. The normalized spacial score (nSPS) is 17.1. The summed E-state index contributed by atoms with van der Waals surface area (Å²) >= 11 is 0. The fourth-order valence-corrected chi connectivity index (χ4v) is 2.25. The molecule has 0 spiro atoms. The third kappa shape index (κ3) is 2.67. The highest BCUT2D eigenvalue weighted by Crippen LogP contribution is 2.43. The van der Waals surface area contributed by atoms with Gasteiger partial charge in [-0.3, -0.25) is 4.79 Å². The quantitative estimate of drug-likeness (QED) is 0.867. The Morgan fingerprint density at radius 1 is 1.33 bits per heavy atom. The van der Waals surface area contributed by atoms with Crippen molar-refractivity contribution in [2.45, 2.75) is 25.7 Å². The molecular weight excluding hydrogens is 238 g/mol. The van der Waals surface area contributed by atoms with Gasteiger partial charge in [0.2, 0.25) is 5.91 Å². The number of carbonyl (C=O) groups is 1. The van der Waals surface area contributed by atoms with E-state index in [2.05, 4.69) is 5.32 Å². The van der Waals surface area contributed by atoms with Crippen molar-refractivity contribution in [3.05, 3.63) is 29.8 Å². The second-order valence-corrected chi connectivity index (χ2v) is 4.91. The molecule has 0 aliphatic heterocycles. The topological polar surface area (TPSA) is 55.1 Å². The molecule has 1 aromatic carbocycles. The maximum atomic E-state index is 13.0. The molecule has 0 saturated heterocycles. The number of carbonyl (C=O) groups excluding carboxylic acids is 1. The molecule has 0 atom stereocenters. The lowest BCUT2D eigenvalue weighted by molar-refractivity contribution is -0.119. The van der Waals surface area contributed by atoms with Crippen molar-refractivity contribution in [2.75, 3.05) is 11.9 Å². The Hall–Kier alpha value is -1.49. The molecule has 98 valence electrons. The monoisotopic (exact) mass is 254 g/mol. The zero-order valence-corrected chi connectivity index (χ0v) is 10.0. The van der Waals surface area contributed by atoms with Gasteiger partial charge in [-0.1, -0.05) is 6.42 Å². The van der Waals surface area contributed by atoms with E-state index in [1.807, 2.05) is 0 Å². The van der Waals surface area contributed by atoms with Crippen molar-refractivity contribution in [3.63, 3.8) is 0 Å². The minimum atomic E-state index is -0.968. The van der Waals surface area contributed by atoms with Crippen LogP contribution in [0.4, 0.5) is 14.5 Å². The third-order valence-electron chi connectivity index (χ3n) is 3.59. The fraction of sp³-hybridized carbons (Fsp3) is 0.462. The van der Waals surface area contributed by atoms with Gasteiger partial charge in [-0.25, -0.2) is 8.78 Å². The van der Waals surface area contributed by atoms with Crippen LogP contribution >= 0.6 is 0 Å². The molecule has 0 aromatic heterocycles. The maximum absolute atomic E-state index is 13.0. The molecule has 1 fully saturated rings. The van der Waals surface area contributed by atoms with E-state index in [1.54, 1.807) is 0 Å². The van der Waals surface area contributed by atoms with Crippen molar-refractivity contribution in [3.8, 4) is 0 Å². The zero-order valence-electron chi connectivity index (χ0n) is 10.0. The van der Waals surface area contributed by atoms with E-state index in [0.717, 1.165) is 31.4 Å². The SMILES string of the molecule is NCC1(CC(=O)Nc2ccc(F)c(F)c2)CCC1. The number of nitrogens with one attached hydrogen (secondary N) is 1. The number of benzene rings is 1. The molecule has 3 N–H and O–H groups in total. The van der Waals surface area contributed by atoms with Crippen molar-refractivity contribution < 1.29 is 13.6 Å². The molecule has 1 aliphatic carbocycles. The lowest BCUT2D eigenvalue weighted by atomic mass is 9.66. The predicted molar refractivity (Wildman–Crippen MR) is 64.9 cm³/mol. The first kappa shape index (κ1) is 13.0. The van der Waals surface area contributed by atoms with Crippen LogP contribution < -0.4 is 11.1 Å². The van der Waals surface area contributed by atoms with Gasteiger partial charge in [-0.2, -0.15) is 0 Å². The Morgan fingerprint density at radius 2 is 2.06 bits per heavy atom. The summed E-state index contributed by atoms with van der Waals surface area (Å²) in [6.07, 6.45) is 3.33. The Morgan fingerprint density at radius 3 is 2.56 bits per heavy atom. The Bertz CT molecular complexity index is 453. The number of hydrogen-bond acceptors (Lipinski definition) is 2. The molecule has 1 aliphatic rings. The highest BCUT2D eigenvalue weighted by atomic mass is 19.2. The number of anilines is 1. The van der Waals surface area contributed by atoms with E-state index in [0.29, 0.717) is 13.0 Å². The van der Waals surface area contributed by atoms with Crippen LogP contribution in [0, 0.1) is 17.0 Å². The fourth-order valence-electron chi connectivity index (χ4n) is 2.25. The second kappa shape index (κ2) is 5.02. The van der Waals surface area contributed by atoms with Crippen LogP contribution in [-0.4, -0.2) is 12.5 Å². The highest BCUT2D eigenvalue weighted by molar-refractivity contribution is 5.91. The zero-order chi connectivity index (χ0) is 13.2. The number of nitrogens with two attached hydrogens (primary N) is 1. The van der Waals surface area contributed by atoms with Gasteiger partial charge in [0.25, 0.3) is 0 Å². The van der Waals surface area contributed by atoms with Gasteiger partial charge in [0.1, 0.15) is 0 Å². The van der Waals surface area contributed by atoms with Crippen LogP contribution in [0.25, 0.3) is 0 Å². The summed E-state index contributed by atoms with van der Waals surface area (Å²) in [6, 6.07) is 3.31. The Balaban J connectivity index is 1.96. The third-order valence-corrected chi connectivity index (χ3v) is 3.59. The largest absolute Gasteiger partial charge is 0.330 e. The molecule has 1 saturated carbocycles. The molecule has 5 heteroatoms. The summed E-state index contributed by atoms with van der Waals surface area (Å²) in [5.41, 5.74) is 5.84. The van der Waals surface area contributed by atoms with Crippen LogP contribution in [-0.2, 0) is 4.79 Å². The van der Waals surface area contributed by atoms with Gasteiger partial charge in [-0.15, -0.1) is 0 Å². The van der Waals surface area contributed by atoms with E-state index in [4.69, 9.17) is 5.73 Å². The maximum Gasteiger partial charge on any atom is 0.224 e. The molecule has 0 heterocycles. The van der Waals surface area contributed by atoms with Crippen molar-refractivity contribution in [2.24, 2.45) is 11.1 Å². The minimum Gasteiger partial charge on any atom is -0.330 e. The second-order valence-electron chi connectivity index (χ2n) is 4.91. The first-order valence-electron chi connectivity index (χ1n) is 6.00.